The van der Waals surface area contributed by atoms with E-state index in [1.165, 1.54) is 12.1 Å². The highest BCUT2D eigenvalue weighted by Gasteiger charge is 2.31. The fraction of sp³-hybridized carbons (Fsp3) is 0.0385. The molecular weight excluding hydrogens is 439 g/mol. The summed E-state index contributed by atoms with van der Waals surface area (Å²) in [6, 6.07) is 26.5. The maximum Gasteiger partial charge on any atom is 0.279 e. The zero-order valence-electron chi connectivity index (χ0n) is 16.9. The number of anilines is 2. The highest BCUT2D eigenvalue weighted by Crippen LogP contribution is 2.48. The van der Waals surface area contributed by atoms with Crippen LogP contribution in [-0.4, -0.2) is 10.5 Å². The molecule has 1 aliphatic heterocycles. The molecule has 156 valence electrons. The summed E-state index contributed by atoms with van der Waals surface area (Å²) in [6.45, 7) is 0.494. The molecule has 3 heterocycles. The molecule has 3 nitrogen and oxygen atoms in total. The molecule has 0 N–H and O–H groups in total. The summed E-state index contributed by atoms with van der Waals surface area (Å²) < 4.78 is 16.5. The fourth-order valence-corrected chi connectivity index (χ4v) is 6.02. The van der Waals surface area contributed by atoms with E-state index < -0.39 is 0 Å². The Morgan fingerprint density at radius 1 is 0.844 bits per heavy atom. The van der Waals surface area contributed by atoms with Crippen LogP contribution in [0.3, 0.4) is 0 Å². The first kappa shape index (κ1) is 19.3. The van der Waals surface area contributed by atoms with Gasteiger partial charge in [-0.15, -0.1) is 11.3 Å². The van der Waals surface area contributed by atoms with Gasteiger partial charge in [0.1, 0.15) is 11.5 Å². The van der Waals surface area contributed by atoms with Gasteiger partial charge in [-0.25, -0.2) is 4.39 Å². The van der Waals surface area contributed by atoms with Crippen LogP contribution in [0, 0.1) is 5.82 Å². The molecule has 0 saturated heterocycles. The maximum absolute atomic E-state index is 14.1. The second-order valence-electron chi connectivity index (χ2n) is 7.59. The van der Waals surface area contributed by atoms with Gasteiger partial charge in [0.15, 0.2) is 0 Å². The molecular formula is C26H17FN2OS2. The van der Waals surface area contributed by atoms with E-state index in [4.69, 9.17) is 0 Å². The Kier molecular flexibility index (Phi) is 4.63. The van der Waals surface area contributed by atoms with E-state index in [1.54, 1.807) is 35.2 Å². The number of nitrogens with zero attached hydrogens (tertiary/aromatic N) is 2. The predicted octanol–water partition coefficient (Wildman–Crippen LogP) is 7.33. The lowest BCUT2D eigenvalue weighted by molar-refractivity contribution is 0.0990. The molecule has 1 amide bonds. The molecule has 0 bridgehead atoms. The lowest BCUT2D eigenvalue weighted by atomic mass is 10.2. The summed E-state index contributed by atoms with van der Waals surface area (Å²) >= 11 is 3.29. The van der Waals surface area contributed by atoms with E-state index in [0.29, 0.717) is 12.2 Å². The lowest BCUT2D eigenvalue weighted by Gasteiger charge is -2.31. The maximum atomic E-state index is 14.1. The third-order valence-corrected chi connectivity index (χ3v) is 7.61. The van der Waals surface area contributed by atoms with Gasteiger partial charge in [0, 0.05) is 16.3 Å². The van der Waals surface area contributed by atoms with Crippen molar-refractivity contribution in [1.82, 2.24) is 4.57 Å². The molecule has 2 aromatic heterocycles. The number of rotatable bonds is 3. The molecule has 6 heteroatoms. The molecule has 5 aromatic rings. The van der Waals surface area contributed by atoms with Crippen molar-refractivity contribution < 1.29 is 9.18 Å². The molecule has 0 aliphatic carbocycles. The summed E-state index contributed by atoms with van der Waals surface area (Å²) in [5.41, 5.74) is 4.35. The second kappa shape index (κ2) is 7.65. The predicted molar refractivity (Wildman–Crippen MR) is 129 cm³/mol. The van der Waals surface area contributed by atoms with Crippen molar-refractivity contribution in [3.8, 4) is 0 Å². The number of carbonyl (C=O) groups is 1. The summed E-state index contributed by atoms with van der Waals surface area (Å²) in [5, 5.41) is 2.03. The SMILES string of the molecule is O=C(c1cc2sccc2n1Cc1ccc(F)cc1)N1c2ccccc2Sc2ccccc21. The zero-order chi connectivity index (χ0) is 21.7. The third-order valence-electron chi connectivity index (χ3n) is 5.63. The zero-order valence-corrected chi connectivity index (χ0v) is 18.5. The van der Waals surface area contributed by atoms with Crippen LogP contribution >= 0.6 is 23.1 Å². The minimum absolute atomic E-state index is 0.0734. The first-order valence-corrected chi connectivity index (χ1v) is 11.9. The van der Waals surface area contributed by atoms with E-state index in [-0.39, 0.29) is 11.7 Å². The van der Waals surface area contributed by atoms with Gasteiger partial charge >= 0.3 is 0 Å². The van der Waals surface area contributed by atoms with Crippen molar-refractivity contribution >= 4 is 50.6 Å². The van der Waals surface area contributed by atoms with Gasteiger partial charge in [-0.05, 0) is 59.5 Å². The summed E-state index contributed by atoms with van der Waals surface area (Å²) in [6.07, 6.45) is 0. The number of hydrogen-bond donors (Lipinski definition) is 0. The Morgan fingerprint density at radius 2 is 1.50 bits per heavy atom. The van der Waals surface area contributed by atoms with E-state index in [9.17, 15) is 9.18 Å². The number of hydrogen-bond acceptors (Lipinski definition) is 3. The van der Waals surface area contributed by atoms with Crippen molar-refractivity contribution in [3.63, 3.8) is 0 Å². The van der Waals surface area contributed by atoms with E-state index in [2.05, 4.69) is 0 Å². The minimum Gasteiger partial charge on any atom is -0.331 e. The smallest absolute Gasteiger partial charge is 0.279 e. The Labute approximate surface area is 192 Å². The third kappa shape index (κ3) is 3.15. The van der Waals surface area contributed by atoms with Gasteiger partial charge in [0.2, 0.25) is 0 Å². The number of fused-ring (bicyclic) bond motifs is 3. The Morgan fingerprint density at radius 3 is 2.19 bits per heavy atom. The largest absolute Gasteiger partial charge is 0.331 e. The van der Waals surface area contributed by atoms with Gasteiger partial charge in [0.05, 0.1) is 21.6 Å². The molecule has 0 radical (unpaired) electrons. The summed E-state index contributed by atoms with van der Waals surface area (Å²) in [7, 11) is 0. The highest BCUT2D eigenvalue weighted by molar-refractivity contribution is 7.99. The number of benzene rings is 3. The average molecular weight is 457 g/mol. The van der Waals surface area contributed by atoms with E-state index in [1.807, 2.05) is 75.5 Å². The first-order chi connectivity index (χ1) is 15.7. The molecule has 6 rings (SSSR count). The molecule has 0 fully saturated rings. The van der Waals surface area contributed by atoms with Crippen LogP contribution in [-0.2, 0) is 6.54 Å². The number of carbonyl (C=O) groups excluding carboxylic acids is 1. The number of halogens is 1. The van der Waals surface area contributed by atoms with Crippen LogP contribution in [0.5, 0.6) is 0 Å². The monoisotopic (exact) mass is 456 g/mol. The topological polar surface area (TPSA) is 25.2 Å². The standard InChI is InChI=1S/C26H17FN2OS2/c27-18-11-9-17(10-12-18)16-28-19-13-14-31-25(19)15-22(28)26(30)29-20-5-1-3-7-23(20)32-24-8-4-2-6-21(24)29/h1-15H,16H2. The summed E-state index contributed by atoms with van der Waals surface area (Å²) in [4.78, 5) is 18.0. The minimum atomic E-state index is -0.266. The number of thiophene rings is 1. The molecule has 32 heavy (non-hydrogen) atoms. The summed E-state index contributed by atoms with van der Waals surface area (Å²) in [5.74, 6) is -0.340. The Balaban J connectivity index is 1.50. The van der Waals surface area contributed by atoms with Gasteiger partial charge in [-0.3, -0.25) is 9.69 Å². The number of aromatic nitrogens is 1. The van der Waals surface area contributed by atoms with Gasteiger partial charge < -0.3 is 4.57 Å². The van der Waals surface area contributed by atoms with Gasteiger partial charge in [-0.2, -0.15) is 0 Å². The first-order valence-electron chi connectivity index (χ1n) is 10.2. The van der Waals surface area contributed by atoms with Crippen molar-refractivity contribution in [1.29, 1.82) is 0 Å². The van der Waals surface area contributed by atoms with Crippen LogP contribution in [0.15, 0.2) is 100 Å². The Hall–Kier alpha value is -3.35. The van der Waals surface area contributed by atoms with Crippen LogP contribution in [0.25, 0.3) is 10.2 Å². The quantitative estimate of drug-likeness (QED) is 0.284. The fourth-order valence-electron chi connectivity index (χ4n) is 4.13. The lowest BCUT2D eigenvalue weighted by Crippen LogP contribution is -2.30. The normalized spacial score (nSPS) is 12.6. The molecule has 1 aliphatic rings. The van der Waals surface area contributed by atoms with Crippen molar-refractivity contribution in [2.45, 2.75) is 16.3 Å². The van der Waals surface area contributed by atoms with E-state index in [0.717, 1.165) is 36.9 Å². The average Bonchev–Trinajstić information content (AvgIpc) is 3.41. The molecule has 3 aromatic carbocycles. The Bertz CT molecular complexity index is 1420. The van der Waals surface area contributed by atoms with E-state index >= 15 is 0 Å². The van der Waals surface area contributed by atoms with Gasteiger partial charge in [0.25, 0.3) is 5.91 Å². The molecule has 0 unspecified atom stereocenters. The van der Waals surface area contributed by atoms with Crippen molar-refractivity contribution in [2.75, 3.05) is 4.90 Å². The second-order valence-corrected chi connectivity index (χ2v) is 9.62. The van der Waals surface area contributed by atoms with Crippen LogP contribution in [0.2, 0.25) is 0 Å². The molecule has 0 saturated carbocycles. The molecule has 0 atom stereocenters. The van der Waals surface area contributed by atoms with Crippen molar-refractivity contribution in [3.05, 3.63) is 107 Å². The van der Waals surface area contributed by atoms with Crippen LogP contribution in [0.4, 0.5) is 15.8 Å². The molecule has 0 spiro atoms. The van der Waals surface area contributed by atoms with Crippen LogP contribution in [0.1, 0.15) is 16.1 Å². The number of para-hydroxylation sites is 2. The number of amides is 1. The van der Waals surface area contributed by atoms with Gasteiger partial charge in [-0.1, -0.05) is 48.2 Å². The van der Waals surface area contributed by atoms with Crippen LogP contribution < -0.4 is 4.90 Å². The highest BCUT2D eigenvalue weighted by atomic mass is 32.2. The van der Waals surface area contributed by atoms with Crippen molar-refractivity contribution in [2.24, 2.45) is 0 Å².